The summed E-state index contributed by atoms with van der Waals surface area (Å²) in [6, 6.07) is 20.4. The third-order valence-corrected chi connectivity index (χ3v) is 5.34. The number of aryl methyl sites for hydroxylation is 2. The Labute approximate surface area is 171 Å². The first-order chi connectivity index (χ1) is 14.1. The van der Waals surface area contributed by atoms with Crippen LogP contribution in [0.5, 0.6) is 0 Å². The predicted molar refractivity (Wildman–Crippen MR) is 118 cm³/mol. The molecule has 2 N–H and O–H groups in total. The van der Waals surface area contributed by atoms with Crippen LogP contribution in [0.15, 0.2) is 66.9 Å². The van der Waals surface area contributed by atoms with Gasteiger partial charge in [0.15, 0.2) is 0 Å². The van der Waals surface area contributed by atoms with Gasteiger partial charge in [-0.15, -0.1) is 0 Å². The van der Waals surface area contributed by atoms with E-state index in [1.807, 2.05) is 38.1 Å². The van der Waals surface area contributed by atoms with Crippen LogP contribution in [-0.2, 0) is 0 Å². The number of benzene rings is 2. The highest BCUT2D eigenvalue weighted by Gasteiger charge is 2.22. The molecule has 2 aromatic carbocycles. The number of nitrogens with zero attached hydrogens (tertiary/aromatic N) is 2. The minimum atomic E-state index is -0.115. The van der Waals surface area contributed by atoms with E-state index in [-0.39, 0.29) is 11.9 Å². The third kappa shape index (κ3) is 4.46. The molecule has 3 aromatic rings. The number of amides is 1. The number of anilines is 2. The largest absolute Gasteiger partial charge is 0.353 e. The SMILES string of the molecule is Cc1ccc(NC(=O)c2ccnc(N3CCNC(c4ccccc4)C3)c2)c(C)c1. The average molecular weight is 386 g/mol. The number of aromatic nitrogens is 1. The van der Waals surface area contributed by atoms with Crippen molar-refractivity contribution >= 4 is 17.4 Å². The molecular formula is C24H26N4O. The molecule has 1 atom stereocenters. The molecule has 1 fully saturated rings. The fourth-order valence-electron chi connectivity index (χ4n) is 3.75. The minimum Gasteiger partial charge on any atom is -0.353 e. The van der Waals surface area contributed by atoms with Gasteiger partial charge in [-0.3, -0.25) is 4.79 Å². The molecule has 0 saturated carbocycles. The molecule has 5 heteroatoms. The zero-order valence-corrected chi connectivity index (χ0v) is 16.9. The molecular weight excluding hydrogens is 360 g/mol. The first-order valence-corrected chi connectivity index (χ1v) is 9.98. The van der Waals surface area contributed by atoms with Crippen molar-refractivity contribution in [2.24, 2.45) is 0 Å². The number of hydrogen-bond acceptors (Lipinski definition) is 4. The first-order valence-electron chi connectivity index (χ1n) is 9.98. The Morgan fingerprint density at radius 1 is 1.10 bits per heavy atom. The standard InChI is InChI=1S/C24H26N4O/c1-17-8-9-21(18(2)14-17)27-24(29)20-10-11-26-23(15-20)28-13-12-25-22(16-28)19-6-4-3-5-7-19/h3-11,14-15,22,25H,12-13,16H2,1-2H3,(H,27,29). The van der Waals surface area contributed by atoms with Gasteiger partial charge in [0.1, 0.15) is 5.82 Å². The summed E-state index contributed by atoms with van der Waals surface area (Å²) in [5, 5.41) is 6.59. The van der Waals surface area contributed by atoms with Crippen LogP contribution in [0.3, 0.4) is 0 Å². The van der Waals surface area contributed by atoms with Crippen molar-refractivity contribution in [3.05, 3.63) is 89.1 Å². The van der Waals surface area contributed by atoms with E-state index in [2.05, 4.69) is 50.8 Å². The Hall–Kier alpha value is -3.18. The van der Waals surface area contributed by atoms with Crippen molar-refractivity contribution in [2.75, 3.05) is 29.9 Å². The van der Waals surface area contributed by atoms with Crippen molar-refractivity contribution in [1.29, 1.82) is 0 Å². The Morgan fingerprint density at radius 3 is 2.72 bits per heavy atom. The lowest BCUT2D eigenvalue weighted by molar-refractivity contribution is 0.102. The van der Waals surface area contributed by atoms with E-state index in [9.17, 15) is 4.79 Å². The average Bonchev–Trinajstić information content (AvgIpc) is 2.76. The first kappa shape index (κ1) is 19.2. The molecule has 2 heterocycles. The van der Waals surface area contributed by atoms with Gasteiger partial charge in [-0.1, -0.05) is 48.0 Å². The number of pyridine rings is 1. The summed E-state index contributed by atoms with van der Waals surface area (Å²) >= 11 is 0. The number of nitrogens with one attached hydrogen (secondary N) is 2. The Balaban J connectivity index is 1.50. The van der Waals surface area contributed by atoms with E-state index < -0.39 is 0 Å². The molecule has 4 rings (SSSR count). The van der Waals surface area contributed by atoms with Gasteiger partial charge in [0.05, 0.1) is 0 Å². The van der Waals surface area contributed by atoms with E-state index in [1.165, 1.54) is 11.1 Å². The summed E-state index contributed by atoms with van der Waals surface area (Å²) in [5.74, 6) is 0.719. The molecule has 29 heavy (non-hydrogen) atoms. The van der Waals surface area contributed by atoms with Gasteiger partial charge in [0.2, 0.25) is 0 Å². The Morgan fingerprint density at radius 2 is 1.93 bits per heavy atom. The maximum absolute atomic E-state index is 12.8. The minimum absolute atomic E-state index is 0.115. The second-order valence-corrected chi connectivity index (χ2v) is 7.54. The van der Waals surface area contributed by atoms with Crippen LogP contribution in [0.2, 0.25) is 0 Å². The van der Waals surface area contributed by atoms with Gasteiger partial charge in [-0.25, -0.2) is 4.98 Å². The lowest BCUT2D eigenvalue weighted by Crippen LogP contribution is -2.46. The molecule has 1 aromatic heterocycles. The number of hydrogen-bond donors (Lipinski definition) is 2. The lowest BCUT2D eigenvalue weighted by Gasteiger charge is -2.34. The van der Waals surface area contributed by atoms with Crippen molar-refractivity contribution in [1.82, 2.24) is 10.3 Å². The van der Waals surface area contributed by atoms with Crippen molar-refractivity contribution < 1.29 is 4.79 Å². The van der Waals surface area contributed by atoms with Crippen LogP contribution in [0.25, 0.3) is 0 Å². The monoisotopic (exact) mass is 386 g/mol. The highest BCUT2D eigenvalue weighted by Crippen LogP contribution is 2.22. The van der Waals surface area contributed by atoms with Gasteiger partial charge >= 0.3 is 0 Å². The quantitative estimate of drug-likeness (QED) is 0.709. The second kappa shape index (κ2) is 8.45. The summed E-state index contributed by atoms with van der Waals surface area (Å²) in [6.07, 6.45) is 1.71. The molecule has 0 spiro atoms. The maximum atomic E-state index is 12.8. The highest BCUT2D eigenvalue weighted by molar-refractivity contribution is 6.05. The van der Waals surface area contributed by atoms with Crippen LogP contribution in [-0.4, -0.2) is 30.5 Å². The van der Waals surface area contributed by atoms with E-state index in [0.29, 0.717) is 5.56 Å². The molecule has 0 radical (unpaired) electrons. The topological polar surface area (TPSA) is 57.3 Å². The van der Waals surface area contributed by atoms with Crippen molar-refractivity contribution in [3.8, 4) is 0 Å². The van der Waals surface area contributed by atoms with Gasteiger partial charge in [-0.2, -0.15) is 0 Å². The molecule has 0 aliphatic carbocycles. The lowest BCUT2D eigenvalue weighted by atomic mass is 10.0. The van der Waals surface area contributed by atoms with Crippen LogP contribution < -0.4 is 15.5 Å². The van der Waals surface area contributed by atoms with E-state index in [1.54, 1.807) is 12.3 Å². The van der Waals surface area contributed by atoms with E-state index in [4.69, 9.17) is 0 Å². The molecule has 1 aliphatic rings. The van der Waals surface area contributed by atoms with E-state index in [0.717, 1.165) is 36.7 Å². The molecule has 1 amide bonds. The summed E-state index contributed by atoms with van der Waals surface area (Å²) in [4.78, 5) is 19.6. The summed E-state index contributed by atoms with van der Waals surface area (Å²) < 4.78 is 0. The second-order valence-electron chi connectivity index (χ2n) is 7.54. The molecule has 1 saturated heterocycles. The van der Waals surface area contributed by atoms with Crippen LogP contribution >= 0.6 is 0 Å². The summed E-state index contributed by atoms with van der Waals surface area (Å²) in [7, 11) is 0. The zero-order valence-electron chi connectivity index (χ0n) is 16.9. The summed E-state index contributed by atoms with van der Waals surface area (Å²) in [5.41, 5.74) is 4.95. The molecule has 148 valence electrons. The van der Waals surface area contributed by atoms with Gasteiger partial charge in [-0.05, 0) is 43.2 Å². The molecule has 1 unspecified atom stereocenters. The Kier molecular flexibility index (Phi) is 5.58. The summed E-state index contributed by atoms with van der Waals surface area (Å²) in [6.45, 7) is 6.60. The van der Waals surface area contributed by atoms with Crippen LogP contribution in [0.4, 0.5) is 11.5 Å². The molecule has 1 aliphatic heterocycles. The van der Waals surface area contributed by atoms with Gasteiger partial charge in [0.25, 0.3) is 5.91 Å². The number of piperazine rings is 1. The van der Waals surface area contributed by atoms with E-state index >= 15 is 0 Å². The zero-order chi connectivity index (χ0) is 20.2. The third-order valence-electron chi connectivity index (χ3n) is 5.34. The fourth-order valence-corrected chi connectivity index (χ4v) is 3.75. The highest BCUT2D eigenvalue weighted by atomic mass is 16.1. The smallest absolute Gasteiger partial charge is 0.255 e. The number of carbonyl (C=O) groups excluding carboxylic acids is 1. The predicted octanol–water partition coefficient (Wildman–Crippen LogP) is 4.10. The van der Waals surface area contributed by atoms with Crippen molar-refractivity contribution in [2.45, 2.75) is 19.9 Å². The normalized spacial score (nSPS) is 16.5. The Bertz CT molecular complexity index is 1000. The number of rotatable bonds is 4. The van der Waals surface area contributed by atoms with Gasteiger partial charge < -0.3 is 15.5 Å². The maximum Gasteiger partial charge on any atom is 0.255 e. The van der Waals surface area contributed by atoms with Crippen LogP contribution in [0, 0.1) is 13.8 Å². The van der Waals surface area contributed by atoms with Crippen molar-refractivity contribution in [3.63, 3.8) is 0 Å². The fraction of sp³-hybridized carbons (Fsp3) is 0.250. The van der Waals surface area contributed by atoms with Crippen LogP contribution in [0.1, 0.15) is 33.1 Å². The molecule has 5 nitrogen and oxygen atoms in total. The number of carbonyl (C=O) groups is 1. The van der Waals surface area contributed by atoms with Gasteiger partial charge in [0, 0.05) is 43.1 Å². The molecule has 0 bridgehead atoms.